The summed E-state index contributed by atoms with van der Waals surface area (Å²) in [7, 11) is 2.65. The third-order valence-electron chi connectivity index (χ3n) is 2.84. The maximum absolute atomic E-state index is 13.9. The molecule has 1 aliphatic rings. The summed E-state index contributed by atoms with van der Waals surface area (Å²) in [5, 5.41) is 3.08. The minimum atomic E-state index is -0.792. The maximum Gasteiger partial charge on any atom is 0.197 e. The van der Waals surface area contributed by atoms with Crippen molar-refractivity contribution in [3.63, 3.8) is 0 Å². The molecular formula is C12H15F2NO3. The number of rotatable bonds is 3. The highest BCUT2D eigenvalue weighted by molar-refractivity contribution is 5.49. The fraction of sp³-hybridized carbons (Fsp3) is 0.500. The van der Waals surface area contributed by atoms with Crippen LogP contribution >= 0.6 is 0 Å². The highest BCUT2D eigenvalue weighted by Crippen LogP contribution is 2.40. The van der Waals surface area contributed by atoms with Crippen molar-refractivity contribution in [2.75, 3.05) is 33.9 Å². The van der Waals surface area contributed by atoms with Crippen molar-refractivity contribution >= 4 is 0 Å². The normalized spacial score (nSPS) is 19.7. The fourth-order valence-electron chi connectivity index (χ4n) is 2.04. The lowest BCUT2D eigenvalue weighted by atomic mass is 10.1. The van der Waals surface area contributed by atoms with Crippen molar-refractivity contribution in [2.24, 2.45) is 0 Å². The number of ether oxygens (including phenoxy) is 3. The van der Waals surface area contributed by atoms with Gasteiger partial charge in [0.25, 0.3) is 0 Å². The number of halogens is 2. The van der Waals surface area contributed by atoms with Gasteiger partial charge in [0.05, 0.1) is 26.4 Å². The van der Waals surface area contributed by atoms with E-state index in [0.717, 1.165) is 6.07 Å². The van der Waals surface area contributed by atoms with E-state index in [4.69, 9.17) is 14.2 Å². The molecule has 2 rings (SSSR count). The molecule has 1 heterocycles. The van der Waals surface area contributed by atoms with Gasteiger partial charge >= 0.3 is 0 Å². The lowest BCUT2D eigenvalue weighted by molar-refractivity contribution is 0.0236. The summed E-state index contributed by atoms with van der Waals surface area (Å²) in [5.41, 5.74) is 0.183. The molecule has 0 saturated carbocycles. The number of hydrogen-bond acceptors (Lipinski definition) is 4. The molecule has 0 aliphatic carbocycles. The Hall–Kier alpha value is -1.40. The van der Waals surface area contributed by atoms with Crippen molar-refractivity contribution in [1.82, 2.24) is 5.32 Å². The van der Waals surface area contributed by atoms with Crippen LogP contribution < -0.4 is 14.8 Å². The van der Waals surface area contributed by atoms with Gasteiger partial charge in [-0.25, -0.2) is 8.78 Å². The van der Waals surface area contributed by atoms with E-state index in [9.17, 15) is 8.78 Å². The first-order valence-electron chi connectivity index (χ1n) is 5.61. The van der Waals surface area contributed by atoms with Gasteiger partial charge in [-0.3, -0.25) is 0 Å². The summed E-state index contributed by atoms with van der Waals surface area (Å²) < 4.78 is 42.9. The van der Waals surface area contributed by atoms with E-state index in [2.05, 4.69) is 5.32 Å². The van der Waals surface area contributed by atoms with Crippen LogP contribution in [0.15, 0.2) is 6.07 Å². The van der Waals surface area contributed by atoms with Gasteiger partial charge in [0, 0.05) is 19.2 Å². The Balaban J connectivity index is 2.49. The first-order valence-corrected chi connectivity index (χ1v) is 5.61. The maximum atomic E-state index is 13.9. The van der Waals surface area contributed by atoms with Crippen molar-refractivity contribution in [2.45, 2.75) is 6.10 Å². The smallest absolute Gasteiger partial charge is 0.197 e. The molecule has 0 spiro atoms. The molecule has 100 valence electrons. The predicted molar refractivity (Wildman–Crippen MR) is 61.0 cm³/mol. The molecule has 0 radical (unpaired) electrons. The van der Waals surface area contributed by atoms with Crippen LogP contribution in [0.2, 0.25) is 0 Å². The quantitative estimate of drug-likeness (QED) is 0.896. The predicted octanol–water partition coefficient (Wildman–Crippen LogP) is 1.64. The monoisotopic (exact) mass is 259 g/mol. The highest BCUT2D eigenvalue weighted by Gasteiger charge is 2.28. The van der Waals surface area contributed by atoms with Crippen LogP contribution in [0.3, 0.4) is 0 Å². The Bertz CT molecular complexity index is 434. The van der Waals surface area contributed by atoms with Crippen LogP contribution in [0.4, 0.5) is 8.78 Å². The Morgan fingerprint density at radius 2 is 1.94 bits per heavy atom. The van der Waals surface area contributed by atoms with E-state index in [1.807, 2.05) is 0 Å². The second-order valence-corrected chi connectivity index (χ2v) is 3.88. The van der Waals surface area contributed by atoms with Gasteiger partial charge in [-0.05, 0) is 0 Å². The van der Waals surface area contributed by atoms with Gasteiger partial charge in [0.2, 0.25) is 0 Å². The molecule has 1 fully saturated rings. The lowest BCUT2D eigenvalue weighted by Gasteiger charge is -2.26. The Morgan fingerprint density at radius 1 is 1.22 bits per heavy atom. The molecule has 6 heteroatoms. The summed E-state index contributed by atoms with van der Waals surface area (Å²) in [6, 6.07) is 0.786. The Morgan fingerprint density at radius 3 is 2.50 bits per heavy atom. The van der Waals surface area contributed by atoms with Gasteiger partial charge in [-0.15, -0.1) is 0 Å². The van der Waals surface area contributed by atoms with Crippen LogP contribution in [0.5, 0.6) is 11.5 Å². The van der Waals surface area contributed by atoms with Crippen LogP contribution in [-0.4, -0.2) is 33.9 Å². The number of morpholine rings is 1. The second-order valence-electron chi connectivity index (χ2n) is 3.88. The minimum Gasteiger partial charge on any atom is -0.492 e. The number of benzene rings is 1. The SMILES string of the molecule is COc1c(F)cc(F)c(C2CNCCO2)c1OC. The van der Waals surface area contributed by atoms with Crippen molar-refractivity contribution < 1.29 is 23.0 Å². The van der Waals surface area contributed by atoms with Gasteiger partial charge in [-0.1, -0.05) is 0 Å². The summed E-state index contributed by atoms with van der Waals surface area (Å²) in [6.45, 7) is 1.62. The Labute approximate surface area is 104 Å². The molecular weight excluding hydrogens is 244 g/mol. The average Bonchev–Trinajstić information content (AvgIpc) is 2.38. The van der Waals surface area contributed by atoms with Crippen LogP contribution in [0.25, 0.3) is 0 Å². The molecule has 1 aromatic rings. The van der Waals surface area contributed by atoms with E-state index >= 15 is 0 Å². The first-order chi connectivity index (χ1) is 8.69. The minimum absolute atomic E-state index is 0.0451. The topological polar surface area (TPSA) is 39.7 Å². The zero-order valence-electron chi connectivity index (χ0n) is 10.3. The van der Waals surface area contributed by atoms with Crippen LogP contribution in [0.1, 0.15) is 11.7 Å². The highest BCUT2D eigenvalue weighted by atomic mass is 19.1. The third kappa shape index (κ3) is 2.26. The fourth-order valence-corrected chi connectivity index (χ4v) is 2.04. The zero-order valence-corrected chi connectivity index (χ0v) is 10.3. The number of hydrogen-bond donors (Lipinski definition) is 1. The molecule has 4 nitrogen and oxygen atoms in total. The molecule has 18 heavy (non-hydrogen) atoms. The van der Waals surface area contributed by atoms with Crippen LogP contribution in [0, 0.1) is 11.6 Å². The molecule has 0 aromatic heterocycles. The van der Waals surface area contributed by atoms with Crippen molar-refractivity contribution in [1.29, 1.82) is 0 Å². The van der Waals surface area contributed by atoms with Gasteiger partial charge < -0.3 is 19.5 Å². The first kappa shape index (κ1) is 13.0. The summed E-state index contributed by atoms with van der Waals surface area (Å²) >= 11 is 0. The van der Waals surface area contributed by atoms with Crippen molar-refractivity contribution in [3.05, 3.63) is 23.3 Å². The molecule has 1 atom stereocenters. The average molecular weight is 259 g/mol. The Kier molecular flexibility index (Phi) is 3.98. The second kappa shape index (κ2) is 5.49. The third-order valence-corrected chi connectivity index (χ3v) is 2.84. The standard InChI is InChI=1S/C12H15F2NO3/c1-16-11-8(14)5-7(13)10(12(11)17-2)9-6-15-3-4-18-9/h5,9,15H,3-4,6H2,1-2H3. The van der Waals surface area contributed by atoms with E-state index in [1.54, 1.807) is 0 Å². The zero-order chi connectivity index (χ0) is 13.1. The molecule has 1 aromatic carbocycles. The summed E-state index contributed by atoms with van der Waals surface area (Å²) in [4.78, 5) is 0. The number of methoxy groups -OCH3 is 2. The largest absolute Gasteiger partial charge is 0.492 e. The lowest BCUT2D eigenvalue weighted by Crippen LogP contribution is -2.34. The van der Waals surface area contributed by atoms with E-state index in [-0.39, 0.29) is 17.1 Å². The molecule has 0 amide bonds. The van der Waals surface area contributed by atoms with E-state index in [1.165, 1.54) is 14.2 Å². The number of nitrogens with one attached hydrogen (secondary N) is 1. The van der Waals surface area contributed by atoms with Crippen molar-refractivity contribution in [3.8, 4) is 11.5 Å². The molecule has 1 N–H and O–H groups in total. The molecule has 0 bridgehead atoms. The van der Waals surface area contributed by atoms with E-state index < -0.39 is 17.7 Å². The summed E-state index contributed by atoms with van der Waals surface area (Å²) in [5.74, 6) is -1.55. The van der Waals surface area contributed by atoms with Gasteiger partial charge in [0.1, 0.15) is 11.9 Å². The van der Waals surface area contributed by atoms with E-state index in [0.29, 0.717) is 19.7 Å². The molecule has 1 saturated heterocycles. The molecule has 1 aliphatic heterocycles. The van der Waals surface area contributed by atoms with Gasteiger partial charge in [-0.2, -0.15) is 0 Å². The summed E-state index contributed by atoms with van der Waals surface area (Å²) in [6.07, 6.45) is -0.511. The van der Waals surface area contributed by atoms with Gasteiger partial charge in [0.15, 0.2) is 17.3 Å². The van der Waals surface area contributed by atoms with Crippen LogP contribution in [-0.2, 0) is 4.74 Å². The molecule has 1 unspecified atom stereocenters.